The predicted octanol–water partition coefficient (Wildman–Crippen LogP) is 3.26. The number of carbonyl (C=O) groups is 2. The van der Waals surface area contributed by atoms with Crippen molar-refractivity contribution in [3.8, 4) is 22.8 Å². The second-order valence-electron chi connectivity index (χ2n) is 7.62. The molecule has 0 aliphatic carbocycles. The Kier molecular flexibility index (Phi) is 6.11. The number of hydrogen-bond donors (Lipinski definition) is 1. The van der Waals surface area contributed by atoms with Gasteiger partial charge in [0.2, 0.25) is 0 Å². The molecular weight excluding hydrogens is 408 g/mol. The molecule has 166 valence electrons. The lowest BCUT2D eigenvalue weighted by atomic mass is 10.1. The van der Waals surface area contributed by atoms with Crippen molar-refractivity contribution < 1.29 is 19.1 Å². The summed E-state index contributed by atoms with van der Waals surface area (Å²) in [5, 5.41) is 7.19. The van der Waals surface area contributed by atoms with Gasteiger partial charge in [-0.15, -0.1) is 0 Å². The number of ether oxygens (including phenoxy) is 2. The molecule has 0 unspecified atom stereocenters. The summed E-state index contributed by atoms with van der Waals surface area (Å²) in [7, 11) is 3.19. The number of hydrogen-bond acceptors (Lipinski definition) is 6. The van der Waals surface area contributed by atoms with Crippen LogP contribution in [0.25, 0.3) is 11.3 Å². The van der Waals surface area contributed by atoms with Crippen molar-refractivity contribution in [1.29, 1.82) is 0 Å². The van der Waals surface area contributed by atoms with E-state index in [0.717, 1.165) is 24.3 Å². The van der Waals surface area contributed by atoms with Crippen molar-refractivity contribution in [2.75, 3.05) is 45.3 Å². The number of amides is 1. The molecule has 3 aromatic rings. The summed E-state index contributed by atoms with van der Waals surface area (Å²) in [5.41, 5.74) is 3.61. The maximum atomic E-state index is 13.0. The number of carbonyl (C=O) groups excluding carboxylic acids is 2. The Morgan fingerprint density at radius 3 is 2.28 bits per heavy atom. The van der Waals surface area contributed by atoms with E-state index in [2.05, 4.69) is 15.1 Å². The highest BCUT2D eigenvalue weighted by Crippen LogP contribution is 2.32. The number of piperazine rings is 1. The van der Waals surface area contributed by atoms with Crippen LogP contribution >= 0.6 is 0 Å². The fourth-order valence-corrected chi connectivity index (χ4v) is 3.82. The summed E-state index contributed by atoms with van der Waals surface area (Å²) in [5.74, 6) is 1.28. The van der Waals surface area contributed by atoms with Gasteiger partial charge in [0.1, 0.15) is 17.2 Å². The molecule has 4 rings (SSSR count). The molecule has 0 saturated carbocycles. The number of aromatic nitrogens is 2. The van der Waals surface area contributed by atoms with Gasteiger partial charge in [-0.2, -0.15) is 5.10 Å². The number of ketones is 1. The van der Waals surface area contributed by atoms with E-state index in [-0.39, 0.29) is 11.7 Å². The molecule has 1 aliphatic rings. The lowest BCUT2D eigenvalue weighted by molar-refractivity contribution is 0.0740. The molecule has 0 atom stereocenters. The quantitative estimate of drug-likeness (QED) is 0.599. The third-order valence-electron chi connectivity index (χ3n) is 5.70. The summed E-state index contributed by atoms with van der Waals surface area (Å²) < 4.78 is 10.7. The first kappa shape index (κ1) is 21.4. The maximum absolute atomic E-state index is 13.0. The van der Waals surface area contributed by atoms with Crippen LogP contribution in [0.5, 0.6) is 11.5 Å². The van der Waals surface area contributed by atoms with Gasteiger partial charge in [0.15, 0.2) is 5.78 Å². The lowest BCUT2D eigenvalue weighted by Gasteiger charge is -2.36. The van der Waals surface area contributed by atoms with E-state index in [1.165, 1.54) is 0 Å². The minimum Gasteiger partial charge on any atom is -0.497 e. The summed E-state index contributed by atoms with van der Waals surface area (Å²) in [6.45, 7) is 4.21. The Labute approximate surface area is 186 Å². The molecule has 1 amide bonds. The van der Waals surface area contributed by atoms with E-state index in [1.807, 2.05) is 41.3 Å². The van der Waals surface area contributed by atoms with Gasteiger partial charge in [0.25, 0.3) is 5.91 Å². The Balaban J connectivity index is 1.42. The Hall–Kier alpha value is -3.81. The van der Waals surface area contributed by atoms with Crippen molar-refractivity contribution in [2.45, 2.75) is 6.92 Å². The zero-order valence-electron chi connectivity index (χ0n) is 18.4. The minimum absolute atomic E-state index is 0.0538. The SMILES string of the molecule is COc1ccc(-c2cc(C(=O)N3CCN(c4ccc(C(C)=O)cc4)CC3)[nH]n2)c(OC)c1. The first-order chi connectivity index (χ1) is 15.5. The van der Waals surface area contributed by atoms with Crippen LogP contribution in [0.3, 0.4) is 0 Å². The number of aromatic amines is 1. The molecule has 8 heteroatoms. The second kappa shape index (κ2) is 9.13. The minimum atomic E-state index is -0.0807. The molecule has 0 spiro atoms. The number of Topliss-reactive ketones (excluding diaryl/α,β-unsaturated/α-hetero) is 1. The van der Waals surface area contributed by atoms with Crippen molar-refractivity contribution in [3.05, 3.63) is 59.8 Å². The van der Waals surface area contributed by atoms with Crippen molar-refractivity contribution in [3.63, 3.8) is 0 Å². The van der Waals surface area contributed by atoms with Crippen LogP contribution in [-0.2, 0) is 0 Å². The van der Waals surface area contributed by atoms with Gasteiger partial charge in [-0.1, -0.05) is 0 Å². The third-order valence-corrected chi connectivity index (χ3v) is 5.70. The molecule has 2 heterocycles. The zero-order chi connectivity index (χ0) is 22.7. The fourth-order valence-electron chi connectivity index (χ4n) is 3.82. The fraction of sp³-hybridized carbons (Fsp3) is 0.292. The molecule has 2 aromatic carbocycles. The smallest absolute Gasteiger partial charge is 0.272 e. The van der Waals surface area contributed by atoms with E-state index in [1.54, 1.807) is 33.3 Å². The zero-order valence-corrected chi connectivity index (χ0v) is 18.4. The third kappa shape index (κ3) is 4.30. The molecule has 32 heavy (non-hydrogen) atoms. The number of nitrogens with one attached hydrogen (secondary N) is 1. The summed E-state index contributed by atoms with van der Waals surface area (Å²) in [6.07, 6.45) is 0. The van der Waals surface area contributed by atoms with Crippen LogP contribution in [0.4, 0.5) is 5.69 Å². The van der Waals surface area contributed by atoms with E-state index in [4.69, 9.17) is 9.47 Å². The number of H-pyrrole nitrogens is 1. The van der Waals surface area contributed by atoms with Crippen LogP contribution in [0.15, 0.2) is 48.5 Å². The number of methoxy groups -OCH3 is 2. The predicted molar refractivity (Wildman–Crippen MR) is 122 cm³/mol. The maximum Gasteiger partial charge on any atom is 0.272 e. The molecule has 1 fully saturated rings. The standard InChI is InChI=1S/C24H26N4O4/c1-16(29)17-4-6-18(7-5-17)27-10-12-28(13-11-27)24(30)22-15-21(25-26-22)20-9-8-19(31-2)14-23(20)32-3/h4-9,14-15H,10-13H2,1-3H3,(H,25,26). The molecule has 1 aromatic heterocycles. The van der Waals surface area contributed by atoms with Crippen LogP contribution in [-0.4, -0.2) is 67.2 Å². The van der Waals surface area contributed by atoms with Gasteiger partial charge < -0.3 is 19.3 Å². The average Bonchev–Trinajstić information content (AvgIpc) is 3.33. The molecule has 1 N–H and O–H groups in total. The first-order valence-electron chi connectivity index (χ1n) is 10.4. The van der Waals surface area contributed by atoms with Crippen LogP contribution in [0.2, 0.25) is 0 Å². The number of nitrogens with zero attached hydrogens (tertiary/aromatic N) is 3. The van der Waals surface area contributed by atoms with E-state index < -0.39 is 0 Å². The van der Waals surface area contributed by atoms with Gasteiger partial charge in [-0.05, 0) is 49.4 Å². The Morgan fingerprint density at radius 2 is 1.66 bits per heavy atom. The first-order valence-corrected chi connectivity index (χ1v) is 10.4. The number of benzene rings is 2. The average molecular weight is 434 g/mol. The van der Waals surface area contributed by atoms with Crippen molar-refractivity contribution in [2.24, 2.45) is 0 Å². The second-order valence-corrected chi connectivity index (χ2v) is 7.62. The molecule has 1 aliphatic heterocycles. The number of rotatable bonds is 6. The van der Waals surface area contributed by atoms with Crippen LogP contribution in [0, 0.1) is 0 Å². The van der Waals surface area contributed by atoms with E-state index >= 15 is 0 Å². The number of anilines is 1. The largest absolute Gasteiger partial charge is 0.497 e. The summed E-state index contributed by atoms with van der Waals surface area (Å²) in [6, 6.07) is 14.8. The highest BCUT2D eigenvalue weighted by atomic mass is 16.5. The molecular formula is C24H26N4O4. The van der Waals surface area contributed by atoms with Crippen LogP contribution < -0.4 is 14.4 Å². The Bertz CT molecular complexity index is 1120. The molecule has 0 bridgehead atoms. The highest BCUT2D eigenvalue weighted by molar-refractivity contribution is 5.94. The molecule has 0 radical (unpaired) electrons. The molecule has 1 saturated heterocycles. The monoisotopic (exact) mass is 434 g/mol. The Morgan fingerprint density at radius 1 is 0.938 bits per heavy atom. The van der Waals surface area contributed by atoms with Crippen molar-refractivity contribution in [1.82, 2.24) is 15.1 Å². The van der Waals surface area contributed by atoms with E-state index in [0.29, 0.717) is 41.5 Å². The normalized spacial score (nSPS) is 13.7. The summed E-state index contributed by atoms with van der Waals surface area (Å²) >= 11 is 0. The van der Waals surface area contributed by atoms with Crippen LogP contribution in [0.1, 0.15) is 27.8 Å². The van der Waals surface area contributed by atoms with Gasteiger partial charge in [-0.25, -0.2) is 0 Å². The lowest BCUT2D eigenvalue weighted by Crippen LogP contribution is -2.48. The van der Waals surface area contributed by atoms with E-state index in [9.17, 15) is 9.59 Å². The van der Waals surface area contributed by atoms with Crippen molar-refractivity contribution >= 4 is 17.4 Å². The molecule has 8 nitrogen and oxygen atoms in total. The van der Waals surface area contributed by atoms with Gasteiger partial charge >= 0.3 is 0 Å². The summed E-state index contributed by atoms with van der Waals surface area (Å²) in [4.78, 5) is 28.5. The van der Waals surface area contributed by atoms with Gasteiger partial charge in [0.05, 0.1) is 19.9 Å². The van der Waals surface area contributed by atoms with Gasteiger partial charge in [-0.3, -0.25) is 14.7 Å². The van der Waals surface area contributed by atoms with Gasteiger partial charge in [0, 0.05) is 49.1 Å². The highest BCUT2D eigenvalue weighted by Gasteiger charge is 2.24. The topological polar surface area (TPSA) is 87.8 Å².